The van der Waals surface area contributed by atoms with Crippen LogP contribution in [-0.4, -0.2) is 23.2 Å². The number of nitrogens with one attached hydrogen (secondary N) is 1. The smallest absolute Gasteiger partial charge is 0.230 e. The van der Waals surface area contributed by atoms with E-state index in [0.29, 0.717) is 17.9 Å². The molecule has 0 bridgehead atoms. The van der Waals surface area contributed by atoms with Gasteiger partial charge in [0.05, 0.1) is 11.0 Å². The van der Waals surface area contributed by atoms with Crippen molar-refractivity contribution in [3.8, 4) is 0 Å². The largest absolute Gasteiger partial charge is 0.388 e. The molecular formula is C16H24ClNO2. The monoisotopic (exact) mass is 297 g/mol. The molecule has 1 aromatic rings. The van der Waals surface area contributed by atoms with Crippen molar-refractivity contribution >= 4 is 17.5 Å². The molecule has 0 unspecified atom stereocenters. The van der Waals surface area contributed by atoms with Gasteiger partial charge in [0.15, 0.2) is 0 Å². The summed E-state index contributed by atoms with van der Waals surface area (Å²) in [5.41, 5.74) is -0.588. The Morgan fingerprint density at radius 3 is 2.15 bits per heavy atom. The zero-order valence-electron chi connectivity index (χ0n) is 12.7. The maximum atomic E-state index is 12.4. The molecule has 0 saturated carbocycles. The molecule has 0 aliphatic rings. The molecule has 4 heteroatoms. The first-order valence-electron chi connectivity index (χ1n) is 7.02. The van der Waals surface area contributed by atoms with Crippen molar-refractivity contribution in [2.75, 3.05) is 6.54 Å². The maximum Gasteiger partial charge on any atom is 0.230 e. The van der Waals surface area contributed by atoms with Gasteiger partial charge in [-0.25, -0.2) is 0 Å². The highest BCUT2D eigenvalue weighted by Gasteiger charge is 2.31. The standard InChI is InChI=1S/C16H24ClNO2/c1-5-16(20,6-2)11-18-14(19)15(3,4)12-7-9-13(17)10-8-12/h7-10,20H,5-6,11H2,1-4H3,(H,18,19). The molecule has 20 heavy (non-hydrogen) atoms. The van der Waals surface area contributed by atoms with Gasteiger partial charge in [0, 0.05) is 11.6 Å². The lowest BCUT2D eigenvalue weighted by molar-refractivity contribution is -0.127. The third kappa shape index (κ3) is 3.97. The number of aliphatic hydroxyl groups is 1. The lowest BCUT2D eigenvalue weighted by atomic mass is 9.83. The lowest BCUT2D eigenvalue weighted by Crippen LogP contribution is -2.47. The Labute approximate surface area is 126 Å². The van der Waals surface area contributed by atoms with Crippen LogP contribution >= 0.6 is 11.6 Å². The number of hydrogen-bond acceptors (Lipinski definition) is 2. The Bertz CT molecular complexity index is 450. The minimum absolute atomic E-state index is 0.0971. The molecule has 0 aromatic heterocycles. The third-order valence-electron chi connectivity index (χ3n) is 4.03. The fourth-order valence-corrected chi connectivity index (χ4v) is 2.09. The molecule has 0 atom stereocenters. The van der Waals surface area contributed by atoms with Crippen LogP contribution in [0.5, 0.6) is 0 Å². The minimum atomic E-state index is -0.828. The van der Waals surface area contributed by atoms with Crippen LogP contribution in [0.15, 0.2) is 24.3 Å². The van der Waals surface area contributed by atoms with Gasteiger partial charge in [-0.15, -0.1) is 0 Å². The summed E-state index contributed by atoms with van der Waals surface area (Å²) < 4.78 is 0. The van der Waals surface area contributed by atoms with Gasteiger partial charge in [0.25, 0.3) is 0 Å². The molecule has 1 amide bonds. The topological polar surface area (TPSA) is 49.3 Å². The van der Waals surface area contributed by atoms with Crippen LogP contribution in [0.25, 0.3) is 0 Å². The zero-order chi connectivity index (χ0) is 15.4. The average Bonchev–Trinajstić information content (AvgIpc) is 2.44. The summed E-state index contributed by atoms with van der Waals surface area (Å²) in [5.74, 6) is -0.0971. The zero-order valence-corrected chi connectivity index (χ0v) is 13.4. The van der Waals surface area contributed by atoms with E-state index in [1.165, 1.54) is 0 Å². The Morgan fingerprint density at radius 2 is 1.70 bits per heavy atom. The summed E-state index contributed by atoms with van der Waals surface area (Å²) in [4.78, 5) is 12.4. The van der Waals surface area contributed by atoms with Crippen LogP contribution in [0.3, 0.4) is 0 Å². The summed E-state index contributed by atoms with van der Waals surface area (Å²) >= 11 is 5.87. The van der Waals surface area contributed by atoms with Crippen LogP contribution in [-0.2, 0) is 10.2 Å². The summed E-state index contributed by atoms with van der Waals surface area (Å²) in [5, 5.41) is 13.7. The van der Waals surface area contributed by atoms with Crippen LogP contribution in [0.4, 0.5) is 0 Å². The number of benzene rings is 1. The SMILES string of the molecule is CCC(O)(CC)CNC(=O)C(C)(C)c1ccc(Cl)cc1. The van der Waals surface area contributed by atoms with Gasteiger partial charge in [-0.05, 0) is 44.4 Å². The van der Waals surface area contributed by atoms with Crippen LogP contribution < -0.4 is 5.32 Å². The normalized spacial score (nSPS) is 12.3. The first-order valence-corrected chi connectivity index (χ1v) is 7.39. The fraction of sp³-hybridized carbons (Fsp3) is 0.562. The van der Waals surface area contributed by atoms with Gasteiger partial charge in [-0.2, -0.15) is 0 Å². The predicted molar refractivity (Wildman–Crippen MR) is 83.0 cm³/mol. The molecule has 0 heterocycles. The predicted octanol–water partition coefficient (Wildman–Crippen LogP) is 3.28. The molecule has 0 fully saturated rings. The van der Waals surface area contributed by atoms with Gasteiger partial charge in [0.2, 0.25) is 5.91 Å². The van der Waals surface area contributed by atoms with Crippen molar-refractivity contribution in [1.29, 1.82) is 0 Å². The van der Waals surface area contributed by atoms with Gasteiger partial charge in [-0.1, -0.05) is 37.6 Å². The first-order chi connectivity index (χ1) is 9.25. The second-order valence-electron chi connectivity index (χ2n) is 5.75. The molecule has 0 aliphatic heterocycles. The lowest BCUT2D eigenvalue weighted by Gasteiger charge is -2.29. The number of carbonyl (C=O) groups excluding carboxylic acids is 1. The van der Waals surface area contributed by atoms with Crippen LogP contribution in [0.2, 0.25) is 5.02 Å². The number of amides is 1. The molecule has 0 spiro atoms. The minimum Gasteiger partial charge on any atom is -0.388 e. The summed E-state index contributed by atoms with van der Waals surface area (Å²) in [7, 11) is 0. The Kier molecular flexibility index (Phi) is 5.60. The Morgan fingerprint density at radius 1 is 1.20 bits per heavy atom. The van der Waals surface area contributed by atoms with Crippen LogP contribution in [0, 0.1) is 0 Å². The molecule has 1 rings (SSSR count). The molecule has 3 nitrogen and oxygen atoms in total. The second kappa shape index (κ2) is 6.59. The van der Waals surface area contributed by atoms with E-state index < -0.39 is 11.0 Å². The van der Waals surface area contributed by atoms with Crippen molar-refractivity contribution in [3.63, 3.8) is 0 Å². The molecule has 0 aliphatic carbocycles. The summed E-state index contributed by atoms with van der Waals surface area (Å²) in [6, 6.07) is 7.27. The Hall–Kier alpha value is -1.06. The molecule has 0 saturated heterocycles. The van der Waals surface area contributed by atoms with E-state index in [1.807, 2.05) is 39.8 Å². The van der Waals surface area contributed by atoms with E-state index in [4.69, 9.17) is 11.6 Å². The van der Waals surface area contributed by atoms with Crippen molar-refractivity contribution in [2.45, 2.75) is 51.6 Å². The highest BCUT2D eigenvalue weighted by molar-refractivity contribution is 6.30. The second-order valence-corrected chi connectivity index (χ2v) is 6.18. The summed E-state index contributed by atoms with van der Waals surface area (Å²) in [6.45, 7) is 7.83. The van der Waals surface area contributed by atoms with Gasteiger partial charge >= 0.3 is 0 Å². The van der Waals surface area contributed by atoms with E-state index in [0.717, 1.165) is 5.56 Å². The van der Waals surface area contributed by atoms with E-state index in [-0.39, 0.29) is 12.5 Å². The highest BCUT2D eigenvalue weighted by atomic mass is 35.5. The first kappa shape index (κ1) is 17.0. The van der Waals surface area contributed by atoms with Crippen molar-refractivity contribution in [2.24, 2.45) is 0 Å². The summed E-state index contributed by atoms with van der Waals surface area (Å²) in [6.07, 6.45) is 1.23. The maximum absolute atomic E-state index is 12.4. The molecule has 1 aromatic carbocycles. The van der Waals surface area contributed by atoms with Gasteiger partial charge in [0.1, 0.15) is 0 Å². The fourth-order valence-electron chi connectivity index (χ4n) is 1.96. The molecule has 2 N–H and O–H groups in total. The van der Waals surface area contributed by atoms with E-state index in [1.54, 1.807) is 12.1 Å². The Balaban J connectivity index is 2.77. The molecule has 0 radical (unpaired) electrons. The van der Waals surface area contributed by atoms with Gasteiger partial charge < -0.3 is 10.4 Å². The number of halogens is 1. The number of carbonyl (C=O) groups is 1. The number of rotatable bonds is 6. The highest BCUT2D eigenvalue weighted by Crippen LogP contribution is 2.25. The van der Waals surface area contributed by atoms with Gasteiger partial charge in [-0.3, -0.25) is 4.79 Å². The molecular weight excluding hydrogens is 274 g/mol. The quantitative estimate of drug-likeness (QED) is 0.846. The average molecular weight is 298 g/mol. The van der Waals surface area contributed by atoms with Crippen molar-refractivity contribution in [1.82, 2.24) is 5.32 Å². The number of hydrogen-bond donors (Lipinski definition) is 2. The van der Waals surface area contributed by atoms with Crippen LogP contribution in [0.1, 0.15) is 46.1 Å². The third-order valence-corrected chi connectivity index (χ3v) is 4.28. The van der Waals surface area contributed by atoms with E-state index in [2.05, 4.69) is 5.32 Å². The van der Waals surface area contributed by atoms with Crippen molar-refractivity contribution < 1.29 is 9.90 Å². The van der Waals surface area contributed by atoms with E-state index in [9.17, 15) is 9.90 Å². The van der Waals surface area contributed by atoms with E-state index >= 15 is 0 Å². The molecule has 112 valence electrons. The van der Waals surface area contributed by atoms with Crippen molar-refractivity contribution in [3.05, 3.63) is 34.9 Å².